The van der Waals surface area contributed by atoms with Gasteiger partial charge in [-0.2, -0.15) is 5.10 Å². The second kappa shape index (κ2) is 4.63. The molecule has 2 rings (SSSR count). The Morgan fingerprint density at radius 2 is 1.89 bits per heavy atom. The first-order valence-corrected chi connectivity index (χ1v) is 5.91. The molecular weight excluding hydrogens is 275 g/mol. The maximum absolute atomic E-state index is 10.9. The Morgan fingerprint density at radius 3 is 2.44 bits per heavy atom. The minimum atomic E-state index is -1.07. The summed E-state index contributed by atoms with van der Waals surface area (Å²) in [6, 6.07) is 3.38. The zero-order valence-electron chi connectivity index (χ0n) is 9.74. The summed E-state index contributed by atoms with van der Waals surface area (Å²) in [5.74, 6) is -1.07. The average molecular weight is 285 g/mol. The fourth-order valence-electron chi connectivity index (χ4n) is 1.61. The Bertz CT molecular complexity index is 635. The number of hydrogen-bond acceptors (Lipinski definition) is 2. The molecule has 0 aliphatic heterocycles. The Morgan fingerprint density at radius 1 is 1.22 bits per heavy atom. The van der Waals surface area contributed by atoms with E-state index in [0.29, 0.717) is 21.3 Å². The molecule has 6 heteroatoms. The van der Waals surface area contributed by atoms with Crippen LogP contribution in [0.2, 0.25) is 10.0 Å². The van der Waals surface area contributed by atoms with E-state index in [1.165, 1.54) is 4.68 Å². The normalized spacial score (nSPS) is 10.7. The number of carboxylic acid groups (broad SMARTS) is 1. The Labute approximate surface area is 114 Å². The maximum atomic E-state index is 10.9. The molecule has 0 atom stereocenters. The number of halogens is 2. The van der Waals surface area contributed by atoms with E-state index in [2.05, 4.69) is 5.10 Å². The number of nitrogens with zero attached hydrogens (tertiary/aromatic N) is 2. The number of hydrogen-bond donors (Lipinski definition) is 1. The van der Waals surface area contributed by atoms with Crippen molar-refractivity contribution in [3.05, 3.63) is 45.2 Å². The molecule has 0 radical (unpaired) electrons. The van der Waals surface area contributed by atoms with Crippen molar-refractivity contribution in [1.82, 2.24) is 9.78 Å². The summed E-state index contributed by atoms with van der Waals surface area (Å²) in [5, 5.41) is 14.0. The van der Waals surface area contributed by atoms with Crippen LogP contribution in [0.4, 0.5) is 0 Å². The van der Waals surface area contributed by atoms with Crippen molar-refractivity contribution in [2.75, 3.05) is 0 Å². The van der Waals surface area contributed by atoms with Crippen molar-refractivity contribution in [1.29, 1.82) is 0 Å². The molecule has 0 saturated heterocycles. The molecule has 0 fully saturated rings. The van der Waals surface area contributed by atoms with Crippen LogP contribution in [-0.4, -0.2) is 20.9 Å². The second-order valence-electron chi connectivity index (χ2n) is 3.96. The SMILES string of the molecule is Cc1cc(Cl)c(-n2cc(C)c(C(=O)O)n2)cc1Cl. The van der Waals surface area contributed by atoms with Gasteiger partial charge in [-0.3, -0.25) is 0 Å². The number of benzene rings is 1. The number of aromatic nitrogens is 2. The molecule has 1 aromatic carbocycles. The molecule has 4 nitrogen and oxygen atoms in total. The van der Waals surface area contributed by atoms with E-state index >= 15 is 0 Å². The molecule has 0 unspecified atom stereocenters. The quantitative estimate of drug-likeness (QED) is 0.918. The summed E-state index contributed by atoms with van der Waals surface area (Å²) in [7, 11) is 0. The van der Waals surface area contributed by atoms with Crippen molar-refractivity contribution in [2.45, 2.75) is 13.8 Å². The van der Waals surface area contributed by atoms with E-state index in [-0.39, 0.29) is 5.69 Å². The lowest BCUT2D eigenvalue weighted by atomic mass is 10.2. The van der Waals surface area contributed by atoms with Crippen LogP contribution in [0.15, 0.2) is 18.3 Å². The van der Waals surface area contributed by atoms with Gasteiger partial charge in [0.15, 0.2) is 5.69 Å². The van der Waals surface area contributed by atoms with E-state index in [4.69, 9.17) is 28.3 Å². The first-order chi connectivity index (χ1) is 8.40. The lowest BCUT2D eigenvalue weighted by Crippen LogP contribution is -2.02. The third-order valence-corrected chi connectivity index (χ3v) is 3.28. The van der Waals surface area contributed by atoms with Gasteiger partial charge in [-0.15, -0.1) is 0 Å². The minimum Gasteiger partial charge on any atom is -0.476 e. The number of rotatable bonds is 2. The molecule has 1 heterocycles. The van der Waals surface area contributed by atoms with Crippen LogP contribution >= 0.6 is 23.2 Å². The second-order valence-corrected chi connectivity index (χ2v) is 4.78. The predicted molar refractivity (Wildman–Crippen MR) is 70.0 cm³/mol. The number of carboxylic acids is 1. The van der Waals surface area contributed by atoms with Gasteiger partial charge in [-0.1, -0.05) is 23.2 Å². The van der Waals surface area contributed by atoms with Crippen LogP contribution in [0.1, 0.15) is 21.6 Å². The number of carbonyl (C=O) groups is 1. The van der Waals surface area contributed by atoms with Crippen LogP contribution in [0.5, 0.6) is 0 Å². The van der Waals surface area contributed by atoms with Crippen molar-refractivity contribution in [2.24, 2.45) is 0 Å². The standard InChI is InChI=1S/C12H10Cl2N2O2/c1-6-3-9(14)10(4-8(6)13)16-5-7(2)11(15-16)12(17)18/h3-5H,1-2H3,(H,17,18). The molecular formula is C12H10Cl2N2O2. The summed E-state index contributed by atoms with van der Waals surface area (Å²) in [6.07, 6.45) is 1.61. The van der Waals surface area contributed by atoms with E-state index in [0.717, 1.165) is 5.56 Å². The molecule has 1 N–H and O–H groups in total. The highest BCUT2D eigenvalue weighted by atomic mass is 35.5. The molecule has 18 heavy (non-hydrogen) atoms. The third kappa shape index (κ3) is 2.21. The average Bonchev–Trinajstić information content (AvgIpc) is 2.65. The van der Waals surface area contributed by atoms with Gasteiger partial charge in [0.2, 0.25) is 0 Å². The summed E-state index contributed by atoms with van der Waals surface area (Å²) < 4.78 is 1.42. The van der Waals surface area contributed by atoms with E-state index in [9.17, 15) is 4.79 Å². The van der Waals surface area contributed by atoms with Crippen LogP contribution in [0.25, 0.3) is 5.69 Å². The molecule has 0 amide bonds. The van der Waals surface area contributed by atoms with Gasteiger partial charge >= 0.3 is 5.97 Å². The molecule has 0 saturated carbocycles. The van der Waals surface area contributed by atoms with Crippen LogP contribution in [0.3, 0.4) is 0 Å². The van der Waals surface area contributed by atoms with Gasteiger partial charge in [0, 0.05) is 16.8 Å². The topological polar surface area (TPSA) is 55.1 Å². The molecule has 2 aromatic rings. The first-order valence-electron chi connectivity index (χ1n) is 5.15. The van der Waals surface area contributed by atoms with Crippen LogP contribution in [0, 0.1) is 13.8 Å². The minimum absolute atomic E-state index is 0.00256. The molecule has 0 spiro atoms. The molecule has 0 bridgehead atoms. The van der Waals surface area contributed by atoms with Crippen molar-refractivity contribution < 1.29 is 9.90 Å². The molecule has 1 aromatic heterocycles. The lowest BCUT2D eigenvalue weighted by Gasteiger charge is -2.06. The van der Waals surface area contributed by atoms with Gasteiger partial charge < -0.3 is 5.11 Å². The predicted octanol–water partition coefficient (Wildman–Crippen LogP) is 3.49. The zero-order chi connectivity index (χ0) is 13.4. The zero-order valence-corrected chi connectivity index (χ0v) is 11.2. The van der Waals surface area contributed by atoms with Gasteiger partial charge in [-0.25, -0.2) is 9.48 Å². The van der Waals surface area contributed by atoms with Gasteiger partial charge in [-0.05, 0) is 31.5 Å². The Hall–Kier alpha value is -1.52. The molecule has 0 aliphatic carbocycles. The first kappa shape index (κ1) is 12.9. The highest BCUT2D eigenvalue weighted by Gasteiger charge is 2.15. The fraction of sp³-hybridized carbons (Fsp3) is 0.167. The largest absolute Gasteiger partial charge is 0.476 e. The molecule has 94 valence electrons. The van der Waals surface area contributed by atoms with Gasteiger partial charge in [0.25, 0.3) is 0 Å². The van der Waals surface area contributed by atoms with E-state index < -0.39 is 5.97 Å². The third-order valence-electron chi connectivity index (χ3n) is 2.57. The smallest absolute Gasteiger partial charge is 0.356 e. The lowest BCUT2D eigenvalue weighted by molar-refractivity contribution is 0.0689. The van der Waals surface area contributed by atoms with E-state index in [1.807, 2.05) is 6.92 Å². The van der Waals surface area contributed by atoms with Crippen molar-refractivity contribution in [3.63, 3.8) is 0 Å². The van der Waals surface area contributed by atoms with Crippen LogP contribution in [-0.2, 0) is 0 Å². The maximum Gasteiger partial charge on any atom is 0.356 e. The highest BCUT2D eigenvalue weighted by Crippen LogP contribution is 2.27. The Kier molecular flexibility index (Phi) is 3.32. The van der Waals surface area contributed by atoms with Crippen LogP contribution < -0.4 is 0 Å². The van der Waals surface area contributed by atoms with Gasteiger partial charge in [0.05, 0.1) is 10.7 Å². The van der Waals surface area contributed by atoms with Gasteiger partial charge in [0.1, 0.15) is 0 Å². The monoisotopic (exact) mass is 284 g/mol. The summed E-state index contributed by atoms with van der Waals surface area (Å²) >= 11 is 12.1. The molecule has 0 aliphatic rings. The number of aryl methyl sites for hydroxylation is 2. The summed E-state index contributed by atoms with van der Waals surface area (Å²) in [6.45, 7) is 3.52. The summed E-state index contributed by atoms with van der Waals surface area (Å²) in [4.78, 5) is 10.9. The van der Waals surface area contributed by atoms with Crippen molar-refractivity contribution in [3.8, 4) is 5.69 Å². The van der Waals surface area contributed by atoms with E-state index in [1.54, 1.807) is 25.3 Å². The fourth-order valence-corrected chi connectivity index (χ4v) is 2.07. The number of aromatic carboxylic acids is 1. The Balaban J connectivity index is 2.59. The van der Waals surface area contributed by atoms with Crippen molar-refractivity contribution >= 4 is 29.2 Å². The highest BCUT2D eigenvalue weighted by molar-refractivity contribution is 6.35. The summed E-state index contributed by atoms with van der Waals surface area (Å²) in [5.41, 5.74) is 1.98.